The summed E-state index contributed by atoms with van der Waals surface area (Å²) < 4.78 is 16.1. The number of ether oxygens (including phenoxy) is 2. The lowest BCUT2D eigenvalue weighted by molar-refractivity contribution is 0.393. The Labute approximate surface area is 118 Å². The number of nitrogens with one attached hydrogen (secondary N) is 1. The maximum absolute atomic E-state index is 5.69. The van der Waals surface area contributed by atoms with Gasteiger partial charge < -0.3 is 19.2 Å². The van der Waals surface area contributed by atoms with Crippen molar-refractivity contribution in [1.82, 2.24) is 15.5 Å². The first-order chi connectivity index (χ1) is 9.67. The van der Waals surface area contributed by atoms with E-state index in [1.54, 1.807) is 20.3 Å². The molecule has 0 amide bonds. The molecule has 0 saturated carbocycles. The van der Waals surface area contributed by atoms with Crippen LogP contribution in [0.2, 0.25) is 0 Å². The van der Waals surface area contributed by atoms with Crippen LogP contribution in [0.1, 0.15) is 25.8 Å². The first-order valence-corrected chi connectivity index (χ1v) is 6.48. The molecule has 1 N–H and O–H groups in total. The molecule has 0 bridgehead atoms. The second-order valence-corrected chi connectivity index (χ2v) is 4.33. The van der Waals surface area contributed by atoms with Gasteiger partial charge in [-0.1, -0.05) is 6.92 Å². The Bertz CT molecular complexity index is 546. The Balaban J connectivity index is 2.31. The minimum absolute atomic E-state index is 0.0220. The number of methoxy groups -OCH3 is 2. The first-order valence-electron chi connectivity index (χ1n) is 6.48. The van der Waals surface area contributed by atoms with E-state index in [4.69, 9.17) is 13.9 Å². The van der Waals surface area contributed by atoms with E-state index in [2.05, 4.69) is 15.5 Å². The molecular formula is C14H19N3O3. The summed E-state index contributed by atoms with van der Waals surface area (Å²) >= 11 is 0. The van der Waals surface area contributed by atoms with Crippen LogP contribution in [0.15, 0.2) is 22.6 Å². The molecule has 1 aromatic carbocycles. The molecule has 108 valence electrons. The summed E-state index contributed by atoms with van der Waals surface area (Å²) in [4.78, 5) is 0. The number of nitrogens with zero attached hydrogens (tertiary/aromatic N) is 2. The molecule has 2 aromatic rings. The van der Waals surface area contributed by atoms with Gasteiger partial charge in [0.25, 0.3) is 0 Å². The third-order valence-corrected chi connectivity index (χ3v) is 2.92. The molecule has 1 unspecified atom stereocenters. The van der Waals surface area contributed by atoms with Crippen LogP contribution in [-0.2, 0) is 0 Å². The van der Waals surface area contributed by atoms with Gasteiger partial charge in [-0.2, -0.15) is 0 Å². The van der Waals surface area contributed by atoms with Gasteiger partial charge in [-0.3, -0.25) is 0 Å². The summed E-state index contributed by atoms with van der Waals surface area (Å²) in [6.45, 7) is 4.85. The minimum atomic E-state index is 0.0220. The van der Waals surface area contributed by atoms with Crippen molar-refractivity contribution in [3.05, 3.63) is 24.1 Å². The van der Waals surface area contributed by atoms with Crippen molar-refractivity contribution in [1.29, 1.82) is 0 Å². The van der Waals surface area contributed by atoms with E-state index in [1.165, 1.54) is 0 Å². The summed E-state index contributed by atoms with van der Waals surface area (Å²) in [7, 11) is 3.20. The average molecular weight is 277 g/mol. The number of benzene rings is 1. The summed E-state index contributed by atoms with van der Waals surface area (Å²) in [6, 6.07) is 5.48. The van der Waals surface area contributed by atoms with Crippen LogP contribution >= 0.6 is 0 Å². The van der Waals surface area contributed by atoms with E-state index in [9.17, 15) is 0 Å². The second kappa shape index (κ2) is 6.38. The third kappa shape index (κ3) is 3.08. The SMILES string of the molecule is CCNC(C)c1nnc(-c2cc(OC)cc(OC)c2)o1. The van der Waals surface area contributed by atoms with Gasteiger partial charge in [0, 0.05) is 11.6 Å². The van der Waals surface area contributed by atoms with Crippen molar-refractivity contribution < 1.29 is 13.9 Å². The lowest BCUT2D eigenvalue weighted by atomic mass is 10.2. The summed E-state index contributed by atoms with van der Waals surface area (Å²) in [6.07, 6.45) is 0. The molecule has 0 aliphatic rings. The van der Waals surface area contributed by atoms with Crippen molar-refractivity contribution in [2.75, 3.05) is 20.8 Å². The van der Waals surface area contributed by atoms with Crippen LogP contribution in [0, 0.1) is 0 Å². The highest BCUT2D eigenvalue weighted by atomic mass is 16.5. The van der Waals surface area contributed by atoms with Crippen LogP contribution in [0.4, 0.5) is 0 Å². The largest absolute Gasteiger partial charge is 0.497 e. The van der Waals surface area contributed by atoms with Gasteiger partial charge in [-0.05, 0) is 25.6 Å². The van der Waals surface area contributed by atoms with Crippen LogP contribution in [0.5, 0.6) is 11.5 Å². The molecule has 0 saturated heterocycles. The topological polar surface area (TPSA) is 69.4 Å². The highest BCUT2D eigenvalue weighted by Crippen LogP contribution is 2.29. The monoisotopic (exact) mass is 277 g/mol. The van der Waals surface area contributed by atoms with Crippen molar-refractivity contribution in [3.8, 4) is 23.0 Å². The fraction of sp³-hybridized carbons (Fsp3) is 0.429. The number of hydrogen-bond donors (Lipinski definition) is 1. The molecule has 0 aliphatic carbocycles. The zero-order valence-corrected chi connectivity index (χ0v) is 12.1. The average Bonchev–Trinajstić information content (AvgIpc) is 2.97. The summed E-state index contributed by atoms with van der Waals surface area (Å²) in [5.41, 5.74) is 0.767. The zero-order chi connectivity index (χ0) is 14.5. The van der Waals surface area contributed by atoms with Gasteiger partial charge in [-0.15, -0.1) is 10.2 Å². The van der Waals surface area contributed by atoms with Crippen LogP contribution in [-0.4, -0.2) is 31.0 Å². The quantitative estimate of drug-likeness (QED) is 0.874. The molecule has 1 heterocycles. The first kappa shape index (κ1) is 14.3. The minimum Gasteiger partial charge on any atom is -0.497 e. The third-order valence-electron chi connectivity index (χ3n) is 2.92. The smallest absolute Gasteiger partial charge is 0.248 e. The second-order valence-electron chi connectivity index (χ2n) is 4.33. The van der Waals surface area contributed by atoms with E-state index in [1.807, 2.05) is 26.0 Å². The fourth-order valence-corrected chi connectivity index (χ4v) is 1.85. The van der Waals surface area contributed by atoms with Gasteiger partial charge >= 0.3 is 0 Å². The van der Waals surface area contributed by atoms with E-state index in [0.717, 1.165) is 12.1 Å². The normalized spacial score (nSPS) is 12.2. The zero-order valence-electron chi connectivity index (χ0n) is 12.1. The maximum atomic E-state index is 5.69. The Morgan fingerprint density at radius 3 is 2.35 bits per heavy atom. The molecule has 0 radical (unpaired) electrons. The van der Waals surface area contributed by atoms with Crippen molar-refractivity contribution in [3.63, 3.8) is 0 Å². The number of hydrogen-bond acceptors (Lipinski definition) is 6. The molecular weight excluding hydrogens is 258 g/mol. The highest BCUT2D eigenvalue weighted by molar-refractivity contribution is 5.59. The predicted octanol–water partition coefficient (Wildman–Crippen LogP) is 2.42. The number of rotatable bonds is 6. The van der Waals surface area contributed by atoms with E-state index in [0.29, 0.717) is 23.3 Å². The fourth-order valence-electron chi connectivity index (χ4n) is 1.85. The molecule has 2 rings (SSSR count). The molecule has 0 spiro atoms. The van der Waals surface area contributed by atoms with E-state index >= 15 is 0 Å². The Hall–Kier alpha value is -2.08. The standard InChI is InChI=1S/C14H19N3O3/c1-5-15-9(2)13-16-17-14(20-13)10-6-11(18-3)8-12(7-10)19-4/h6-9,15H,5H2,1-4H3. The van der Waals surface area contributed by atoms with Crippen LogP contribution in [0.25, 0.3) is 11.5 Å². The van der Waals surface area contributed by atoms with E-state index in [-0.39, 0.29) is 6.04 Å². The lowest BCUT2D eigenvalue weighted by Crippen LogP contribution is -2.17. The lowest BCUT2D eigenvalue weighted by Gasteiger charge is -2.07. The summed E-state index contributed by atoms with van der Waals surface area (Å²) in [5, 5.41) is 11.4. The molecule has 20 heavy (non-hydrogen) atoms. The summed E-state index contributed by atoms with van der Waals surface area (Å²) in [5.74, 6) is 2.36. The number of aromatic nitrogens is 2. The molecule has 0 fully saturated rings. The van der Waals surface area contributed by atoms with Crippen molar-refractivity contribution in [2.24, 2.45) is 0 Å². The van der Waals surface area contributed by atoms with Crippen molar-refractivity contribution in [2.45, 2.75) is 19.9 Å². The highest BCUT2D eigenvalue weighted by Gasteiger charge is 2.15. The van der Waals surface area contributed by atoms with Gasteiger partial charge in [0.1, 0.15) is 11.5 Å². The Kier molecular flexibility index (Phi) is 4.57. The molecule has 0 aliphatic heterocycles. The Morgan fingerprint density at radius 1 is 1.15 bits per heavy atom. The van der Waals surface area contributed by atoms with Crippen LogP contribution in [0.3, 0.4) is 0 Å². The van der Waals surface area contributed by atoms with Gasteiger partial charge in [0.2, 0.25) is 11.8 Å². The maximum Gasteiger partial charge on any atom is 0.248 e. The molecule has 6 heteroatoms. The van der Waals surface area contributed by atoms with Crippen LogP contribution < -0.4 is 14.8 Å². The molecule has 1 atom stereocenters. The van der Waals surface area contributed by atoms with Gasteiger partial charge in [-0.25, -0.2) is 0 Å². The van der Waals surface area contributed by atoms with E-state index < -0.39 is 0 Å². The van der Waals surface area contributed by atoms with Crippen molar-refractivity contribution >= 4 is 0 Å². The van der Waals surface area contributed by atoms with Gasteiger partial charge in [0.15, 0.2) is 0 Å². The van der Waals surface area contributed by atoms with Gasteiger partial charge in [0.05, 0.1) is 20.3 Å². The predicted molar refractivity (Wildman–Crippen MR) is 74.9 cm³/mol. The molecule has 6 nitrogen and oxygen atoms in total. The molecule has 1 aromatic heterocycles. The Morgan fingerprint density at radius 2 is 1.80 bits per heavy atom.